The first kappa shape index (κ1) is 16.7. The quantitative estimate of drug-likeness (QED) is 0.757. The highest BCUT2D eigenvalue weighted by atomic mass is 35.5. The number of carbonyl (C=O) groups is 1. The Morgan fingerprint density at radius 2 is 2.00 bits per heavy atom. The summed E-state index contributed by atoms with van der Waals surface area (Å²) in [5.41, 5.74) is 0. The minimum Gasteiger partial charge on any atom is -0.347 e. The van der Waals surface area contributed by atoms with E-state index in [0.29, 0.717) is 23.3 Å². The number of halogens is 1. The molecule has 0 N–H and O–H groups in total. The van der Waals surface area contributed by atoms with Gasteiger partial charge in [0.25, 0.3) is 0 Å². The SMILES string of the molecule is CCCN(CC(=O)N(C)C)c1cc(Cl)nc(C(C)C)n1. The average molecular weight is 299 g/mol. The maximum absolute atomic E-state index is 11.9. The molecular formula is C14H23ClN4O. The zero-order valence-electron chi connectivity index (χ0n) is 12.9. The Balaban J connectivity index is 3.04. The Hall–Kier alpha value is -1.36. The van der Waals surface area contributed by atoms with Gasteiger partial charge < -0.3 is 9.80 Å². The molecule has 1 aromatic rings. The molecule has 112 valence electrons. The molecule has 0 saturated carbocycles. The summed E-state index contributed by atoms with van der Waals surface area (Å²) in [7, 11) is 3.50. The largest absolute Gasteiger partial charge is 0.347 e. The van der Waals surface area contributed by atoms with E-state index in [9.17, 15) is 4.79 Å². The van der Waals surface area contributed by atoms with Crippen LogP contribution in [0.25, 0.3) is 0 Å². The number of likely N-dealkylation sites (N-methyl/N-ethyl adjacent to an activating group) is 1. The topological polar surface area (TPSA) is 49.3 Å². The lowest BCUT2D eigenvalue weighted by molar-refractivity contribution is -0.127. The first-order chi connectivity index (χ1) is 9.35. The molecule has 0 fully saturated rings. The monoisotopic (exact) mass is 298 g/mol. The lowest BCUT2D eigenvalue weighted by atomic mass is 10.2. The van der Waals surface area contributed by atoms with Crippen molar-refractivity contribution in [1.29, 1.82) is 0 Å². The number of nitrogens with zero attached hydrogens (tertiary/aromatic N) is 4. The van der Waals surface area contributed by atoms with Gasteiger partial charge >= 0.3 is 0 Å². The van der Waals surface area contributed by atoms with Crippen LogP contribution in [0.2, 0.25) is 5.15 Å². The number of hydrogen-bond donors (Lipinski definition) is 0. The standard InChI is InChI=1S/C14H23ClN4O/c1-6-7-19(9-13(20)18(4)5)12-8-11(15)16-14(17-12)10(2)3/h8,10H,6-7,9H2,1-5H3. The molecule has 20 heavy (non-hydrogen) atoms. The van der Waals surface area contributed by atoms with Crippen LogP contribution < -0.4 is 4.90 Å². The molecule has 5 nitrogen and oxygen atoms in total. The van der Waals surface area contributed by atoms with Crippen LogP contribution in [0.4, 0.5) is 5.82 Å². The Kier molecular flexibility index (Phi) is 6.20. The van der Waals surface area contributed by atoms with Crippen molar-refractivity contribution in [2.24, 2.45) is 0 Å². The smallest absolute Gasteiger partial charge is 0.241 e. The number of aromatic nitrogens is 2. The van der Waals surface area contributed by atoms with Gasteiger partial charge in [-0.1, -0.05) is 32.4 Å². The molecule has 1 rings (SSSR count). The highest BCUT2D eigenvalue weighted by Crippen LogP contribution is 2.20. The van der Waals surface area contributed by atoms with Crippen LogP contribution in [-0.2, 0) is 4.79 Å². The molecular weight excluding hydrogens is 276 g/mol. The zero-order valence-corrected chi connectivity index (χ0v) is 13.6. The van der Waals surface area contributed by atoms with E-state index in [0.717, 1.165) is 13.0 Å². The Morgan fingerprint density at radius 3 is 2.50 bits per heavy atom. The fourth-order valence-electron chi connectivity index (χ4n) is 1.69. The molecule has 1 aromatic heterocycles. The van der Waals surface area contributed by atoms with Gasteiger partial charge in [0.05, 0.1) is 6.54 Å². The minimum absolute atomic E-state index is 0.0410. The number of carbonyl (C=O) groups excluding carboxylic acids is 1. The number of amides is 1. The second-order valence-corrected chi connectivity index (χ2v) is 5.66. The van der Waals surface area contributed by atoms with Gasteiger partial charge in [-0.05, 0) is 6.42 Å². The maximum atomic E-state index is 11.9. The highest BCUT2D eigenvalue weighted by Gasteiger charge is 2.16. The maximum Gasteiger partial charge on any atom is 0.241 e. The minimum atomic E-state index is 0.0410. The van der Waals surface area contributed by atoms with Gasteiger partial charge in [-0.25, -0.2) is 9.97 Å². The predicted molar refractivity (Wildman–Crippen MR) is 82.3 cm³/mol. The molecule has 6 heteroatoms. The lowest BCUT2D eigenvalue weighted by Gasteiger charge is -2.25. The number of hydrogen-bond acceptors (Lipinski definition) is 4. The highest BCUT2D eigenvalue weighted by molar-refractivity contribution is 6.29. The van der Waals surface area contributed by atoms with E-state index in [1.807, 2.05) is 18.7 Å². The van der Waals surface area contributed by atoms with Crippen LogP contribution >= 0.6 is 11.6 Å². The Labute approximate surface area is 126 Å². The van der Waals surface area contributed by atoms with Crippen molar-refractivity contribution in [3.63, 3.8) is 0 Å². The van der Waals surface area contributed by atoms with Gasteiger partial charge in [-0.3, -0.25) is 4.79 Å². The van der Waals surface area contributed by atoms with Crippen molar-refractivity contribution in [3.05, 3.63) is 17.0 Å². The van der Waals surface area contributed by atoms with Gasteiger partial charge in [0.15, 0.2) is 0 Å². The normalized spacial score (nSPS) is 10.8. The van der Waals surface area contributed by atoms with Crippen molar-refractivity contribution in [3.8, 4) is 0 Å². The molecule has 0 radical (unpaired) electrons. The third-order valence-corrected chi connectivity index (χ3v) is 3.05. The summed E-state index contributed by atoms with van der Waals surface area (Å²) in [6.07, 6.45) is 0.930. The van der Waals surface area contributed by atoms with Gasteiger partial charge in [-0.15, -0.1) is 0 Å². The Bertz CT molecular complexity index is 462. The van der Waals surface area contributed by atoms with E-state index in [4.69, 9.17) is 11.6 Å². The van der Waals surface area contributed by atoms with Crippen LogP contribution in [0.1, 0.15) is 38.9 Å². The van der Waals surface area contributed by atoms with Gasteiger partial charge in [-0.2, -0.15) is 0 Å². The van der Waals surface area contributed by atoms with Crippen LogP contribution in [0.3, 0.4) is 0 Å². The first-order valence-electron chi connectivity index (χ1n) is 6.84. The lowest BCUT2D eigenvalue weighted by Crippen LogP contribution is -2.37. The molecule has 0 aromatic carbocycles. The second-order valence-electron chi connectivity index (χ2n) is 5.27. The summed E-state index contributed by atoms with van der Waals surface area (Å²) >= 11 is 6.06. The van der Waals surface area contributed by atoms with Gasteiger partial charge in [0.2, 0.25) is 5.91 Å². The molecule has 0 aliphatic carbocycles. The van der Waals surface area contributed by atoms with E-state index in [2.05, 4.69) is 16.9 Å². The van der Waals surface area contributed by atoms with Gasteiger partial charge in [0.1, 0.15) is 16.8 Å². The van der Waals surface area contributed by atoms with Gasteiger partial charge in [0, 0.05) is 32.6 Å². The van der Waals surface area contributed by atoms with Crippen molar-refractivity contribution < 1.29 is 4.79 Å². The van der Waals surface area contributed by atoms with E-state index in [-0.39, 0.29) is 11.8 Å². The Morgan fingerprint density at radius 1 is 1.35 bits per heavy atom. The third-order valence-electron chi connectivity index (χ3n) is 2.86. The van der Waals surface area contributed by atoms with Crippen molar-refractivity contribution in [2.45, 2.75) is 33.1 Å². The summed E-state index contributed by atoms with van der Waals surface area (Å²) in [6, 6.07) is 1.71. The fraction of sp³-hybridized carbons (Fsp3) is 0.643. The summed E-state index contributed by atoms with van der Waals surface area (Å²) < 4.78 is 0. The van der Waals surface area contributed by atoms with E-state index in [1.54, 1.807) is 25.1 Å². The third kappa shape index (κ3) is 4.63. The van der Waals surface area contributed by atoms with Crippen molar-refractivity contribution >= 4 is 23.3 Å². The molecule has 0 aliphatic heterocycles. The summed E-state index contributed by atoms with van der Waals surface area (Å²) in [5.74, 6) is 1.65. The molecule has 0 saturated heterocycles. The first-order valence-corrected chi connectivity index (χ1v) is 7.22. The molecule has 0 bridgehead atoms. The molecule has 0 atom stereocenters. The van der Waals surface area contributed by atoms with E-state index in [1.165, 1.54) is 0 Å². The van der Waals surface area contributed by atoms with Crippen LogP contribution in [0.5, 0.6) is 0 Å². The molecule has 1 amide bonds. The summed E-state index contributed by atoms with van der Waals surface area (Å²) in [4.78, 5) is 24.2. The number of rotatable bonds is 6. The van der Waals surface area contributed by atoms with E-state index < -0.39 is 0 Å². The average Bonchev–Trinajstić information content (AvgIpc) is 2.37. The van der Waals surface area contributed by atoms with Crippen molar-refractivity contribution in [1.82, 2.24) is 14.9 Å². The summed E-state index contributed by atoms with van der Waals surface area (Å²) in [6.45, 7) is 7.16. The fourth-order valence-corrected chi connectivity index (χ4v) is 1.88. The predicted octanol–water partition coefficient (Wildman–Crippen LogP) is 2.56. The van der Waals surface area contributed by atoms with Crippen LogP contribution in [-0.4, -0.2) is 48.0 Å². The molecule has 0 aliphatic rings. The number of anilines is 1. The van der Waals surface area contributed by atoms with Crippen LogP contribution in [0, 0.1) is 0 Å². The molecule has 1 heterocycles. The second kappa shape index (κ2) is 7.43. The van der Waals surface area contributed by atoms with Crippen LogP contribution in [0.15, 0.2) is 6.07 Å². The van der Waals surface area contributed by atoms with E-state index >= 15 is 0 Å². The van der Waals surface area contributed by atoms with Crippen molar-refractivity contribution in [2.75, 3.05) is 32.1 Å². The zero-order chi connectivity index (χ0) is 15.3. The molecule has 0 spiro atoms. The summed E-state index contributed by atoms with van der Waals surface area (Å²) in [5, 5.41) is 0.414. The molecule has 0 unspecified atom stereocenters.